The number of benzene rings is 2. The minimum atomic E-state index is -0.857. The van der Waals surface area contributed by atoms with Gasteiger partial charge < -0.3 is 9.84 Å². The summed E-state index contributed by atoms with van der Waals surface area (Å²) in [5.41, 5.74) is 1.12. The number of hydrogen-bond acceptors (Lipinski definition) is 3. The SMILES string of the molecule is O=C(OC[C@@H](O)c1ccc(Cl)cc1)c1ccccc1. The summed E-state index contributed by atoms with van der Waals surface area (Å²) in [5.74, 6) is -0.450. The molecule has 0 aliphatic heterocycles. The second-order valence-corrected chi connectivity index (χ2v) is 4.47. The first-order valence-electron chi connectivity index (χ1n) is 5.82. The van der Waals surface area contributed by atoms with Gasteiger partial charge in [0, 0.05) is 5.02 Å². The zero-order valence-electron chi connectivity index (χ0n) is 10.1. The Morgan fingerprint density at radius 1 is 1.11 bits per heavy atom. The molecule has 0 spiro atoms. The summed E-state index contributed by atoms with van der Waals surface area (Å²) in [5, 5.41) is 10.5. The highest BCUT2D eigenvalue weighted by atomic mass is 35.5. The maximum absolute atomic E-state index is 11.7. The lowest BCUT2D eigenvalue weighted by Gasteiger charge is -2.11. The summed E-state index contributed by atoms with van der Waals surface area (Å²) in [6.45, 7) is -0.0879. The van der Waals surface area contributed by atoms with E-state index >= 15 is 0 Å². The summed E-state index contributed by atoms with van der Waals surface area (Å²) >= 11 is 5.76. The van der Waals surface area contributed by atoms with E-state index < -0.39 is 12.1 Å². The smallest absolute Gasteiger partial charge is 0.338 e. The van der Waals surface area contributed by atoms with Crippen LogP contribution in [0.1, 0.15) is 22.0 Å². The Labute approximate surface area is 116 Å². The Morgan fingerprint density at radius 3 is 2.37 bits per heavy atom. The highest BCUT2D eigenvalue weighted by Crippen LogP contribution is 2.17. The summed E-state index contributed by atoms with van der Waals surface area (Å²) in [7, 11) is 0. The molecular weight excluding hydrogens is 264 g/mol. The number of halogens is 1. The van der Waals surface area contributed by atoms with Crippen LogP contribution in [0, 0.1) is 0 Å². The standard InChI is InChI=1S/C15H13ClO3/c16-13-8-6-11(7-9-13)14(17)10-19-15(18)12-4-2-1-3-5-12/h1-9,14,17H,10H2/t14-/m1/s1. The van der Waals surface area contributed by atoms with Crippen LogP contribution >= 0.6 is 11.6 Å². The van der Waals surface area contributed by atoms with E-state index in [-0.39, 0.29) is 6.61 Å². The van der Waals surface area contributed by atoms with Crippen LogP contribution in [-0.2, 0) is 4.74 Å². The van der Waals surface area contributed by atoms with Crippen molar-refractivity contribution in [2.45, 2.75) is 6.10 Å². The molecule has 0 amide bonds. The van der Waals surface area contributed by atoms with Crippen molar-refractivity contribution in [1.82, 2.24) is 0 Å². The van der Waals surface area contributed by atoms with E-state index in [4.69, 9.17) is 16.3 Å². The third-order valence-corrected chi connectivity index (χ3v) is 2.89. The molecule has 0 saturated heterocycles. The van der Waals surface area contributed by atoms with Gasteiger partial charge in [-0.15, -0.1) is 0 Å². The summed E-state index contributed by atoms with van der Waals surface area (Å²) in [6.07, 6.45) is -0.857. The first-order valence-corrected chi connectivity index (χ1v) is 6.20. The average Bonchev–Trinajstić information content (AvgIpc) is 2.46. The predicted molar refractivity (Wildman–Crippen MR) is 73.1 cm³/mol. The molecule has 0 unspecified atom stereocenters. The Bertz CT molecular complexity index is 537. The molecule has 0 saturated carbocycles. The maximum atomic E-state index is 11.7. The lowest BCUT2D eigenvalue weighted by atomic mass is 10.1. The van der Waals surface area contributed by atoms with Crippen LogP contribution in [0.2, 0.25) is 5.02 Å². The molecule has 0 bridgehead atoms. The first-order chi connectivity index (χ1) is 9.16. The number of rotatable bonds is 4. The van der Waals surface area contributed by atoms with E-state index in [0.29, 0.717) is 16.1 Å². The van der Waals surface area contributed by atoms with Gasteiger partial charge in [0.05, 0.1) is 5.56 Å². The van der Waals surface area contributed by atoms with Crippen molar-refractivity contribution in [2.24, 2.45) is 0 Å². The molecule has 0 heterocycles. The average molecular weight is 277 g/mol. The van der Waals surface area contributed by atoms with Gasteiger partial charge in [-0.05, 0) is 29.8 Å². The van der Waals surface area contributed by atoms with E-state index in [2.05, 4.69) is 0 Å². The van der Waals surface area contributed by atoms with Crippen molar-refractivity contribution < 1.29 is 14.6 Å². The van der Waals surface area contributed by atoms with Crippen LogP contribution in [0.15, 0.2) is 54.6 Å². The molecule has 0 aliphatic rings. The van der Waals surface area contributed by atoms with E-state index in [1.807, 2.05) is 6.07 Å². The number of carbonyl (C=O) groups excluding carboxylic acids is 1. The lowest BCUT2D eigenvalue weighted by Crippen LogP contribution is -2.12. The van der Waals surface area contributed by atoms with Crippen molar-refractivity contribution in [3.63, 3.8) is 0 Å². The minimum Gasteiger partial charge on any atom is -0.459 e. The van der Waals surface area contributed by atoms with Crippen molar-refractivity contribution in [1.29, 1.82) is 0 Å². The predicted octanol–water partition coefficient (Wildman–Crippen LogP) is 3.23. The van der Waals surface area contributed by atoms with E-state index in [9.17, 15) is 9.90 Å². The van der Waals surface area contributed by atoms with Gasteiger partial charge in [-0.2, -0.15) is 0 Å². The molecule has 0 radical (unpaired) electrons. The number of aliphatic hydroxyl groups is 1. The molecule has 0 fully saturated rings. The summed E-state index contributed by atoms with van der Waals surface area (Å²) in [6, 6.07) is 15.4. The van der Waals surface area contributed by atoms with Crippen LogP contribution < -0.4 is 0 Å². The second-order valence-electron chi connectivity index (χ2n) is 4.03. The van der Waals surface area contributed by atoms with Gasteiger partial charge in [0.15, 0.2) is 0 Å². The molecule has 2 rings (SSSR count). The fourth-order valence-corrected chi connectivity index (χ4v) is 1.72. The number of carbonyl (C=O) groups is 1. The maximum Gasteiger partial charge on any atom is 0.338 e. The molecule has 1 N–H and O–H groups in total. The van der Waals surface area contributed by atoms with Gasteiger partial charge in [0.25, 0.3) is 0 Å². The third kappa shape index (κ3) is 3.81. The number of ether oxygens (including phenoxy) is 1. The summed E-state index contributed by atoms with van der Waals surface area (Å²) in [4.78, 5) is 11.7. The minimum absolute atomic E-state index is 0.0879. The molecule has 98 valence electrons. The van der Waals surface area contributed by atoms with Gasteiger partial charge in [-0.1, -0.05) is 41.9 Å². The Hall–Kier alpha value is -1.84. The topological polar surface area (TPSA) is 46.5 Å². The first kappa shape index (κ1) is 13.6. The zero-order chi connectivity index (χ0) is 13.7. The van der Waals surface area contributed by atoms with Gasteiger partial charge in [-0.3, -0.25) is 0 Å². The molecule has 1 atom stereocenters. The number of aliphatic hydroxyl groups excluding tert-OH is 1. The van der Waals surface area contributed by atoms with Crippen molar-refractivity contribution in [3.05, 3.63) is 70.7 Å². The molecule has 0 aliphatic carbocycles. The second kappa shape index (κ2) is 6.36. The monoisotopic (exact) mass is 276 g/mol. The lowest BCUT2D eigenvalue weighted by molar-refractivity contribution is 0.0254. The normalized spacial score (nSPS) is 11.9. The van der Waals surface area contributed by atoms with Gasteiger partial charge in [-0.25, -0.2) is 4.79 Å². The van der Waals surface area contributed by atoms with Crippen LogP contribution in [0.5, 0.6) is 0 Å². The van der Waals surface area contributed by atoms with Crippen molar-refractivity contribution in [2.75, 3.05) is 6.61 Å². The number of hydrogen-bond donors (Lipinski definition) is 1. The quantitative estimate of drug-likeness (QED) is 0.872. The fraction of sp³-hybridized carbons (Fsp3) is 0.133. The Kier molecular flexibility index (Phi) is 4.55. The van der Waals surface area contributed by atoms with Crippen LogP contribution in [0.4, 0.5) is 0 Å². The third-order valence-electron chi connectivity index (χ3n) is 2.64. The van der Waals surface area contributed by atoms with E-state index in [1.54, 1.807) is 48.5 Å². The van der Waals surface area contributed by atoms with Gasteiger partial charge in [0.1, 0.15) is 12.7 Å². The largest absolute Gasteiger partial charge is 0.459 e. The zero-order valence-corrected chi connectivity index (χ0v) is 10.9. The highest BCUT2D eigenvalue weighted by molar-refractivity contribution is 6.30. The molecular formula is C15H13ClO3. The van der Waals surface area contributed by atoms with E-state index in [0.717, 1.165) is 0 Å². The Morgan fingerprint density at radius 2 is 1.74 bits per heavy atom. The molecule has 0 aromatic heterocycles. The Balaban J connectivity index is 1.92. The molecule has 2 aromatic carbocycles. The van der Waals surface area contributed by atoms with Crippen LogP contribution in [0.3, 0.4) is 0 Å². The highest BCUT2D eigenvalue weighted by Gasteiger charge is 2.12. The molecule has 3 nitrogen and oxygen atoms in total. The molecule has 4 heteroatoms. The van der Waals surface area contributed by atoms with Gasteiger partial charge in [0.2, 0.25) is 0 Å². The fourth-order valence-electron chi connectivity index (χ4n) is 1.59. The van der Waals surface area contributed by atoms with Crippen molar-refractivity contribution >= 4 is 17.6 Å². The van der Waals surface area contributed by atoms with Crippen LogP contribution in [0.25, 0.3) is 0 Å². The molecule has 2 aromatic rings. The van der Waals surface area contributed by atoms with E-state index in [1.165, 1.54) is 0 Å². The van der Waals surface area contributed by atoms with Crippen LogP contribution in [-0.4, -0.2) is 17.7 Å². The van der Waals surface area contributed by atoms with Gasteiger partial charge >= 0.3 is 5.97 Å². The van der Waals surface area contributed by atoms with Crippen molar-refractivity contribution in [3.8, 4) is 0 Å². The number of esters is 1. The molecule has 19 heavy (non-hydrogen) atoms. The summed E-state index contributed by atoms with van der Waals surface area (Å²) < 4.78 is 5.05.